The van der Waals surface area contributed by atoms with Gasteiger partial charge in [0.05, 0.1) is 12.2 Å². The van der Waals surface area contributed by atoms with E-state index in [4.69, 9.17) is 5.11 Å². The third-order valence-electron chi connectivity index (χ3n) is 3.27. The third-order valence-corrected chi connectivity index (χ3v) is 4.20. The van der Waals surface area contributed by atoms with Crippen molar-refractivity contribution < 1.29 is 23.1 Å². The number of carbonyl (C=O) groups excluding carboxylic acids is 1. The van der Waals surface area contributed by atoms with Crippen LogP contribution >= 0.6 is 0 Å². The molecule has 0 aromatic carbocycles. The first-order valence-corrected chi connectivity index (χ1v) is 8.64. The normalized spacial score (nSPS) is 17.6. The average Bonchev–Trinajstić information content (AvgIpc) is 2.33. The fourth-order valence-corrected chi connectivity index (χ4v) is 3.35. The lowest BCUT2D eigenvalue weighted by Crippen LogP contribution is -2.54. The van der Waals surface area contributed by atoms with E-state index in [0.29, 0.717) is 25.9 Å². The Bertz CT molecular complexity index is 495. The van der Waals surface area contributed by atoms with Crippen molar-refractivity contribution >= 4 is 22.0 Å². The van der Waals surface area contributed by atoms with Gasteiger partial charge in [-0.2, -0.15) is 0 Å². The Labute approximate surface area is 124 Å². The molecule has 122 valence electrons. The molecule has 2 amide bonds. The summed E-state index contributed by atoms with van der Waals surface area (Å²) in [7, 11) is -3.35. The van der Waals surface area contributed by atoms with Gasteiger partial charge in [0, 0.05) is 25.2 Å². The number of urea groups is 1. The fourth-order valence-electron chi connectivity index (χ4n) is 2.28. The highest BCUT2D eigenvalue weighted by Crippen LogP contribution is 2.17. The Balaban J connectivity index is 2.43. The predicted molar refractivity (Wildman–Crippen MR) is 77.4 cm³/mol. The lowest BCUT2D eigenvalue weighted by molar-refractivity contribution is -0.143. The van der Waals surface area contributed by atoms with Crippen molar-refractivity contribution in [2.24, 2.45) is 5.92 Å². The zero-order chi connectivity index (χ0) is 16.3. The summed E-state index contributed by atoms with van der Waals surface area (Å²) in [5.41, 5.74) is -0.789. The highest BCUT2D eigenvalue weighted by atomic mass is 32.2. The molecule has 0 atom stereocenters. The number of nitrogens with one attached hydrogen (secondary N) is 2. The zero-order valence-electron chi connectivity index (χ0n) is 12.5. The number of hydrogen-bond acceptors (Lipinski definition) is 4. The lowest BCUT2D eigenvalue weighted by atomic mass is 9.97. The number of piperidine rings is 1. The second kappa shape index (κ2) is 6.61. The van der Waals surface area contributed by atoms with Gasteiger partial charge in [-0.3, -0.25) is 4.79 Å². The molecule has 1 aliphatic heterocycles. The molecule has 0 aliphatic carbocycles. The van der Waals surface area contributed by atoms with E-state index >= 15 is 0 Å². The van der Waals surface area contributed by atoms with Crippen LogP contribution in [0.1, 0.15) is 26.7 Å². The van der Waals surface area contributed by atoms with Gasteiger partial charge in [0.1, 0.15) is 0 Å². The number of nitrogens with zero attached hydrogens (tertiary/aromatic N) is 1. The molecule has 0 saturated carbocycles. The van der Waals surface area contributed by atoms with E-state index in [1.807, 2.05) is 0 Å². The van der Waals surface area contributed by atoms with E-state index in [1.165, 1.54) is 0 Å². The Morgan fingerprint density at radius 2 is 1.81 bits per heavy atom. The van der Waals surface area contributed by atoms with E-state index in [2.05, 4.69) is 10.0 Å². The van der Waals surface area contributed by atoms with Gasteiger partial charge < -0.3 is 15.3 Å². The van der Waals surface area contributed by atoms with Crippen LogP contribution in [0.25, 0.3) is 0 Å². The van der Waals surface area contributed by atoms with Gasteiger partial charge in [0.15, 0.2) is 0 Å². The Hall–Kier alpha value is -1.35. The molecule has 0 aromatic heterocycles. The zero-order valence-corrected chi connectivity index (χ0v) is 13.4. The molecule has 9 heteroatoms. The summed E-state index contributed by atoms with van der Waals surface area (Å²) in [5, 5.41) is 11.6. The van der Waals surface area contributed by atoms with Crippen molar-refractivity contribution in [3.05, 3.63) is 0 Å². The number of carbonyl (C=O) groups is 2. The molecule has 0 unspecified atom stereocenters. The first kappa shape index (κ1) is 17.7. The number of aliphatic carboxylic acids is 1. The Morgan fingerprint density at radius 3 is 2.24 bits per heavy atom. The Morgan fingerprint density at radius 1 is 1.29 bits per heavy atom. The SMILES string of the molecule is CC(C)(CNC(=O)N1CCC(C(=O)O)CC1)NS(C)(=O)=O. The molecular weight excluding hydrogens is 298 g/mol. The monoisotopic (exact) mass is 321 g/mol. The molecule has 0 bridgehead atoms. The molecule has 1 aliphatic rings. The van der Waals surface area contributed by atoms with Crippen LogP contribution in [0.2, 0.25) is 0 Å². The second-order valence-electron chi connectivity index (χ2n) is 6.02. The van der Waals surface area contributed by atoms with Crippen LogP contribution in [0.5, 0.6) is 0 Å². The van der Waals surface area contributed by atoms with Crippen molar-refractivity contribution in [3.8, 4) is 0 Å². The van der Waals surface area contributed by atoms with Crippen LogP contribution in [0, 0.1) is 5.92 Å². The second-order valence-corrected chi connectivity index (χ2v) is 7.76. The van der Waals surface area contributed by atoms with Gasteiger partial charge in [-0.05, 0) is 26.7 Å². The van der Waals surface area contributed by atoms with Crippen LogP contribution in [0.3, 0.4) is 0 Å². The molecule has 0 radical (unpaired) electrons. The molecule has 1 heterocycles. The molecule has 0 aromatic rings. The number of rotatable bonds is 5. The summed E-state index contributed by atoms with van der Waals surface area (Å²) in [5.74, 6) is -1.22. The maximum Gasteiger partial charge on any atom is 0.317 e. The topological polar surface area (TPSA) is 116 Å². The molecule has 1 saturated heterocycles. The maximum atomic E-state index is 12.0. The van der Waals surface area contributed by atoms with Crippen LogP contribution in [-0.2, 0) is 14.8 Å². The summed E-state index contributed by atoms with van der Waals surface area (Å²) < 4.78 is 24.8. The van der Waals surface area contributed by atoms with Gasteiger partial charge >= 0.3 is 12.0 Å². The summed E-state index contributed by atoms with van der Waals surface area (Å²) in [6.07, 6.45) is 1.94. The molecule has 1 fully saturated rings. The summed E-state index contributed by atoms with van der Waals surface area (Å²) in [6.45, 7) is 4.28. The first-order valence-electron chi connectivity index (χ1n) is 6.75. The molecule has 0 spiro atoms. The van der Waals surface area contributed by atoms with E-state index in [9.17, 15) is 18.0 Å². The smallest absolute Gasteiger partial charge is 0.317 e. The number of likely N-dealkylation sites (tertiary alicyclic amines) is 1. The lowest BCUT2D eigenvalue weighted by Gasteiger charge is -2.32. The number of amides is 2. The molecule has 3 N–H and O–H groups in total. The number of carboxylic acid groups (broad SMARTS) is 1. The van der Waals surface area contributed by atoms with Gasteiger partial charge in [-0.15, -0.1) is 0 Å². The number of carboxylic acids is 1. The molecule has 8 nitrogen and oxygen atoms in total. The largest absolute Gasteiger partial charge is 0.481 e. The fraction of sp³-hybridized carbons (Fsp3) is 0.833. The van der Waals surface area contributed by atoms with Crippen molar-refractivity contribution in [1.29, 1.82) is 0 Å². The summed E-state index contributed by atoms with van der Waals surface area (Å²) in [6, 6.07) is -0.304. The summed E-state index contributed by atoms with van der Waals surface area (Å²) in [4.78, 5) is 24.4. The molecule has 21 heavy (non-hydrogen) atoms. The predicted octanol–water partition coefficient (Wildman–Crippen LogP) is -0.180. The molecule has 1 rings (SSSR count). The standard InChI is InChI=1S/C12H23N3O5S/c1-12(2,14-21(3,19)20)8-13-11(18)15-6-4-9(5-7-15)10(16)17/h9,14H,4-8H2,1-3H3,(H,13,18)(H,16,17). The van der Waals surface area contributed by atoms with Crippen molar-refractivity contribution in [1.82, 2.24) is 14.9 Å². The van der Waals surface area contributed by atoms with Gasteiger partial charge in [-0.25, -0.2) is 17.9 Å². The van der Waals surface area contributed by atoms with Gasteiger partial charge in [0.2, 0.25) is 10.0 Å². The number of sulfonamides is 1. The minimum absolute atomic E-state index is 0.151. The minimum atomic E-state index is -3.35. The van der Waals surface area contributed by atoms with Crippen LogP contribution in [0.15, 0.2) is 0 Å². The van der Waals surface area contributed by atoms with Crippen LogP contribution in [-0.4, -0.2) is 61.9 Å². The van der Waals surface area contributed by atoms with Crippen LogP contribution < -0.4 is 10.0 Å². The minimum Gasteiger partial charge on any atom is -0.481 e. The van der Waals surface area contributed by atoms with E-state index < -0.39 is 27.4 Å². The quantitative estimate of drug-likeness (QED) is 0.649. The van der Waals surface area contributed by atoms with Crippen molar-refractivity contribution in [2.45, 2.75) is 32.2 Å². The van der Waals surface area contributed by atoms with Gasteiger partial charge in [-0.1, -0.05) is 0 Å². The van der Waals surface area contributed by atoms with E-state index in [-0.39, 0.29) is 12.6 Å². The van der Waals surface area contributed by atoms with Gasteiger partial charge in [0.25, 0.3) is 0 Å². The van der Waals surface area contributed by atoms with Crippen molar-refractivity contribution in [3.63, 3.8) is 0 Å². The Kier molecular flexibility index (Phi) is 5.57. The third kappa shape index (κ3) is 6.30. The average molecular weight is 321 g/mol. The highest BCUT2D eigenvalue weighted by molar-refractivity contribution is 7.88. The number of hydrogen-bond donors (Lipinski definition) is 3. The summed E-state index contributed by atoms with van der Waals surface area (Å²) >= 11 is 0. The van der Waals surface area contributed by atoms with Crippen molar-refractivity contribution in [2.75, 3.05) is 25.9 Å². The highest BCUT2D eigenvalue weighted by Gasteiger charge is 2.28. The van der Waals surface area contributed by atoms with E-state index in [1.54, 1.807) is 18.7 Å². The molecular formula is C12H23N3O5S. The van der Waals surface area contributed by atoms with Crippen LogP contribution in [0.4, 0.5) is 4.79 Å². The van der Waals surface area contributed by atoms with E-state index in [0.717, 1.165) is 6.26 Å². The maximum absolute atomic E-state index is 12.0. The first-order chi connectivity index (χ1) is 9.50.